The Morgan fingerprint density at radius 3 is 2.78 bits per heavy atom. The highest BCUT2D eigenvalue weighted by atomic mass is 19.1. The van der Waals surface area contributed by atoms with Gasteiger partial charge in [-0.25, -0.2) is 8.78 Å². The zero-order chi connectivity index (χ0) is 31.0. The van der Waals surface area contributed by atoms with Gasteiger partial charge in [0.05, 0.1) is 16.5 Å². The van der Waals surface area contributed by atoms with E-state index in [4.69, 9.17) is 16.1 Å². The maximum Gasteiger partial charge on any atom is 0.319 e. The molecule has 230 valence electrons. The molecule has 10 heteroatoms. The molecule has 0 radical (unpaired) electrons. The van der Waals surface area contributed by atoms with Gasteiger partial charge in [-0.3, -0.25) is 9.88 Å². The predicted molar refractivity (Wildman–Crippen MR) is 169 cm³/mol. The van der Waals surface area contributed by atoms with E-state index in [1.165, 1.54) is 29.8 Å². The number of phenols is 1. The Balaban J connectivity index is 1.30. The molecule has 4 atom stereocenters. The van der Waals surface area contributed by atoms with Gasteiger partial charge in [-0.15, -0.1) is 6.42 Å². The van der Waals surface area contributed by atoms with Crippen LogP contribution in [0.4, 0.5) is 14.6 Å². The molecule has 8 nitrogen and oxygen atoms in total. The first-order valence-corrected chi connectivity index (χ1v) is 15.6. The van der Waals surface area contributed by atoms with E-state index < -0.39 is 11.6 Å². The van der Waals surface area contributed by atoms with Crippen molar-refractivity contribution in [3.8, 4) is 35.4 Å². The van der Waals surface area contributed by atoms with Gasteiger partial charge in [0.1, 0.15) is 34.7 Å². The van der Waals surface area contributed by atoms with Crippen LogP contribution >= 0.6 is 0 Å². The van der Waals surface area contributed by atoms with E-state index in [1.807, 2.05) is 6.92 Å². The van der Waals surface area contributed by atoms with Crippen molar-refractivity contribution in [1.29, 1.82) is 0 Å². The van der Waals surface area contributed by atoms with Crippen LogP contribution in [-0.2, 0) is 0 Å². The second-order valence-corrected chi connectivity index (χ2v) is 13.0. The first-order valence-electron chi connectivity index (χ1n) is 15.6. The molecular formula is C35H34F2N6O2. The van der Waals surface area contributed by atoms with E-state index in [1.54, 1.807) is 6.20 Å². The largest absolute Gasteiger partial charge is 0.508 e. The predicted octanol–water partition coefficient (Wildman–Crippen LogP) is 5.31. The third-order valence-electron chi connectivity index (χ3n) is 10.3. The smallest absolute Gasteiger partial charge is 0.319 e. The second-order valence-electron chi connectivity index (χ2n) is 13.0. The molecule has 0 saturated carbocycles. The highest BCUT2D eigenvalue weighted by Crippen LogP contribution is 2.45. The average Bonchev–Trinajstić information content (AvgIpc) is 3.68. The summed E-state index contributed by atoms with van der Waals surface area (Å²) >= 11 is 0. The summed E-state index contributed by atoms with van der Waals surface area (Å²) in [5.74, 6) is 1.51. The van der Waals surface area contributed by atoms with Gasteiger partial charge in [0.25, 0.3) is 0 Å². The van der Waals surface area contributed by atoms with Crippen molar-refractivity contribution in [3.05, 3.63) is 59.8 Å². The number of ether oxygens (including phenoxy) is 1. The number of terminal acetylenes is 1. The second kappa shape index (κ2) is 10.4. The minimum absolute atomic E-state index is 0.0279. The van der Waals surface area contributed by atoms with Crippen LogP contribution < -0.4 is 15.0 Å². The molecule has 4 aliphatic rings. The van der Waals surface area contributed by atoms with Crippen molar-refractivity contribution in [1.82, 2.24) is 25.2 Å². The quantitative estimate of drug-likeness (QED) is 0.233. The third-order valence-corrected chi connectivity index (χ3v) is 10.3. The zero-order valence-corrected chi connectivity index (χ0v) is 25.1. The van der Waals surface area contributed by atoms with E-state index in [0.29, 0.717) is 34.1 Å². The van der Waals surface area contributed by atoms with Crippen LogP contribution in [0.3, 0.4) is 0 Å². The Bertz CT molecular complexity index is 1930. The molecule has 2 N–H and O–H groups in total. The standard InChI is InChI=1S/C35H34F2N6O2/c1-4-25-28(36)9-6-21-12-24(44)13-26(29(21)25)31-30(37)32-27(15-38-31)33(42-17-22-7-8-23(18-42)39-22)41-34(40-32)45-20(3)35-10-5-11-43(35)16-19(2)14-35/h1,6,9,12-13,15,20,22-23,39,44H,2,5,7-8,10-11,14,16-18H2,3H3/t20?,22-,23+,35?. The summed E-state index contributed by atoms with van der Waals surface area (Å²) in [6, 6.07) is 6.30. The molecule has 2 aromatic carbocycles. The molecule has 2 aromatic heterocycles. The molecule has 4 aliphatic heterocycles. The summed E-state index contributed by atoms with van der Waals surface area (Å²) in [4.78, 5) is 18.7. The van der Waals surface area contributed by atoms with Gasteiger partial charge in [-0.05, 0) is 69.2 Å². The van der Waals surface area contributed by atoms with Gasteiger partial charge >= 0.3 is 6.01 Å². The lowest BCUT2D eigenvalue weighted by atomic mass is 9.87. The first kappa shape index (κ1) is 28.2. The van der Waals surface area contributed by atoms with Crippen molar-refractivity contribution in [3.63, 3.8) is 0 Å². The highest BCUT2D eigenvalue weighted by molar-refractivity contribution is 6.03. The van der Waals surface area contributed by atoms with E-state index in [-0.39, 0.29) is 45.7 Å². The highest BCUT2D eigenvalue weighted by Gasteiger charge is 2.51. The van der Waals surface area contributed by atoms with E-state index in [9.17, 15) is 9.50 Å². The lowest BCUT2D eigenvalue weighted by Gasteiger charge is -2.37. The number of nitrogens with one attached hydrogen (secondary N) is 1. The number of pyridine rings is 1. The molecule has 4 aromatic rings. The number of anilines is 1. The Labute approximate surface area is 260 Å². The zero-order valence-electron chi connectivity index (χ0n) is 25.1. The lowest BCUT2D eigenvalue weighted by Crippen LogP contribution is -2.51. The van der Waals surface area contributed by atoms with Crippen molar-refractivity contribution >= 4 is 27.5 Å². The molecule has 4 saturated heterocycles. The number of nitrogens with zero attached hydrogens (tertiary/aromatic N) is 5. The van der Waals surface area contributed by atoms with Crippen LogP contribution in [0.5, 0.6) is 11.8 Å². The Kier molecular flexibility index (Phi) is 6.48. The fourth-order valence-electron chi connectivity index (χ4n) is 8.25. The fraction of sp³-hybridized carbons (Fsp3) is 0.400. The van der Waals surface area contributed by atoms with E-state index >= 15 is 4.39 Å². The molecule has 45 heavy (non-hydrogen) atoms. The van der Waals surface area contributed by atoms with Gasteiger partial charge < -0.3 is 20.1 Å². The third kappa shape index (κ3) is 4.43. The van der Waals surface area contributed by atoms with Crippen LogP contribution in [0.1, 0.15) is 44.6 Å². The normalized spacial score (nSPS) is 25.2. The molecular weight excluding hydrogens is 574 g/mol. The average molecular weight is 609 g/mol. The maximum atomic E-state index is 16.9. The van der Waals surface area contributed by atoms with E-state index in [0.717, 1.165) is 58.3 Å². The SMILES string of the molecule is C#Cc1c(F)ccc2cc(O)cc(-c3ncc4c(N5C[C@H]6CC[C@@H](C5)N6)nc(OC(C)C56CCCN5CC(=C)C6)nc4c3F)c12. The number of halogens is 2. The number of aromatic hydroxyl groups is 1. The Morgan fingerprint density at radius 1 is 1.20 bits per heavy atom. The fourth-order valence-corrected chi connectivity index (χ4v) is 8.25. The van der Waals surface area contributed by atoms with Crippen molar-refractivity contribution in [2.75, 3.05) is 31.1 Å². The number of phenolic OH excluding ortho intramolecular Hbond substituents is 1. The molecule has 0 amide bonds. The molecule has 0 aliphatic carbocycles. The summed E-state index contributed by atoms with van der Waals surface area (Å²) in [5, 5.41) is 15.4. The van der Waals surface area contributed by atoms with Crippen LogP contribution in [-0.4, -0.2) is 74.9 Å². The molecule has 0 spiro atoms. The summed E-state index contributed by atoms with van der Waals surface area (Å²) in [6.45, 7) is 9.58. The van der Waals surface area contributed by atoms with Crippen molar-refractivity contribution in [2.24, 2.45) is 0 Å². The van der Waals surface area contributed by atoms with Gasteiger partial charge in [0, 0.05) is 48.9 Å². The Hall–Kier alpha value is -4.33. The molecule has 2 bridgehead atoms. The van der Waals surface area contributed by atoms with Crippen LogP contribution in [0.25, 0.3) is 32.9 Å². The molecule has 2 unspecified atom stereocenters. The Morgan fingerprint density at radius 2 is 2.00 bits per heavy atom. The van der Waals surface area contributed by atoms with Crippen molar-refractivity contribution in [2.45, 2.75) is 62.8 Å². The van der Waals surface area contributed by atoms with Gasteiger partial charge in [0.15, 0.2) is 5.82 Å². The molecule has 6 heterocycles. The van der Waals surface area contributed by atoms with Crippen molar-refractivity contribution < 1.29 is 18.6 Å². The first-order chi connectivity index (χ1) is 21.7. The number of hydrogen-bond acceptors (Lipinski definition) is 8. The monoisotopic (exact) mass is 608 g/mol. The number of aromatic nitrogens is 3. The maximum absolute atomic E-state index is 16.9. The summed E-state index contributed by atoms with van der Waals surface area (Å²) in [5.41, 5.74) is 1.09. The van der Waals surface area contributed by atoms with Crippen LogP contribution in [0, 0.1) is 24.0 Å². The lowest BCUT2D eigenvalue weighted by molar-refractivity contribution is 0.0409. The topological polar surface area (TPSA) is 86.6 Å². The minimum atomic E-state index is -0.721. The number of benzene rings is 2. The molecule has 8 rings (SSSR count). The van der Waals surface area contributed by atoms with Gasteiger partial charge in [0.2, 0.25) is 0 Å². The van der Waals surface area contributed by atoms with Gasteiger partial charge in [-0.1, -0.05) is 24.1 Å². The number of piperazine rings is 1. The summed E-state index contributed by atoms with van der Waals surface area (Å²) < 4.78 is 38.3. The number of rotatable bonds is 5. The minimum Gasteiger partial charge on any atom is -0.508 e. The molecule has 4 fully saturated rings. The number of fused-ring (bicyclic) bond motifs is 5. The van der Waals surface area contributed by atoms with Gasteiger partial charge in [-0.2, -0.15) is 9.97 Å². The summed E-state index contributed by atoms with van der Waals surface area (Å²) in [7, 11) is 0. The van der Waals surface area contributed by atoms with Crippen LogP contribution in [0.2, 0.25) is 0 Å². The number of hydrogen-bond donors (Lipinski definition) is 2. The van der Waals surface area contributed by atoms with E-state index in [2.05, 4.69) is 37.6 Å². The summed E-state index contributed by atoms with van der Waals surface area (Å²) in [6.07, 6.45) is 12.0. The van der Waals surface area contributed by atoms with Crippen LogP contribution in [0.15, 0.2) is 42.6 Å².